The van der Waals surface area contributed by atoms with Crippen molar-refractivity contribution < 1.29 is 18.0 Å². The number of piperidine rings is 1. The highest BCUT2D eigenvalue weighted by Crippen LogP contribution is 2.22. The van der Waals surface area contributed by atoms with E-state index in [0.29, 0.717) is 31.5 Å². The van der Waals surface area contributed by atoms with Gasteiger partial charge in [-0.2, -0.15) is 0 Å². The molecule has 1 saturated heterocycles. The van der Waals surface area contributed by atoms with Gasteiger partial charge in [-0.05, 0) is 71.1 Å². The molecule has 0 atom stereocenters. The molecule has 0 aliphatic carbocycles. The molecular formula is C22H34N2O4S. The minimum Gasteiger partial charge on any atom is -0.350 e. The monoisotopic (exact) mass is 422 g/mol. The van der Waals surface area contributed by atoms with Crippen molar-refractivity contribution in [3.8, 4) is 0 Å². The molecule has 1 aliphatic rings. The summed E-state index contributed by atoms with van der Waals surface area (Å²) in [6, 6.07) is 5.59. The molecule has 0 spiro atoms. The van der Waals surface area contributed by atoms with Crippen molar-refractivity contribution in [3.05, 3.63) is 34.9 Å². The van der Waals surface area contributed by atoms with Gasteiger partial charge in [-0.25, -0.2) is 8.42 Å². The minimum atomic E-state index is -3.05. The lowest BCUT2D eigenvalue weighted by Crippen LogP contribution is -2.41. The first kappa shape index (κ1) is 23.4. The normalized spacial score (nSPS) is 15.8. The highest BCUT2D eigenvalue weighted by molar-refractivity contribution is 7.91. The second kappa shape index (κ2) is 9.74. The average Bonchev–Trinajstić information content (AvgIpc) is 2.60. The molecule has 0 radical (unpaired) electrons. The van der Waals surface area contributed by atoms with E-state index >= 15 is 0 Å². The van der Waals surface area contributed by atoms with Crippen molar-refractivity contribution in [1.29, 1.82) is 0 Å². The summed E-state index contributed by atoms with van der Waals surface area (Å²) in [6.07, 6.45) is 1.68. The number of benzene rings is 1. The van der Waals surface area contributed by atoms with E-state index in [1.165, 1.54) is 0 Å². The van der Waals surface area contributed by atoms with Crippen LogP contribution >= 0.6 is 0 Å². The zero-order valence-corrected chi connectivity index (χ0v) is 19.0. The van der Waals surface area contributed by atoms with Gasteiger partial charge in [0.05, 0.1) is 17.4 Å². The molecule has 162 valence electrons. The van der Waals surface area contributed by atoms with Gasteiger partial charge in [0, 0.05) is 24.7 Å². The molecule has 0 bridgehead atoms. The number of amides is 2. The van der Waals surface area contributed by atoms with Crippen LogP contribution in [-0.4, -0.2) is 55.3 Å². The number of hydrogen-bond donors (Lipinski definition) is 1. The van der Waals surface area contributed by atoms with E-state index in [1.54, 1.807) is 19.9 Å². The van der Waals surface area contributed by atoms with Crippen molar-refractivity contribution in [2.75, 3.05) is 18.8 Å². The van der Waals surface area contributed by atoms with Gasteiger partial charge in [0.2, 0.25) is 5.91 Å². The average molecular weight is 423 g/mol. The first-order valence-electron chi connectivity index (χ1n) is 10.4. The molecule has 1 aromatic carbocycles. The third kappa shape index (κ3) is 6.84. The van der Waals surface area contributed by atoms with Crippen molar-refractivity contribution in [2.24, 2.45) is 5.92 Å². The van der Waals surface area contributed by atoms with Gasteiger partial charge < -0.3 is 10.2 Å². The predicted octanol–water partition coefficient (Wildman–Crippen LogP) is 2.74. The fourth-order valence-electron chi connectivity index (χ4n) is 3.60. The van der Waals surface area contributed by atoms with E-state index in [2.05, 4.69) is 5.32 Å². The molecule has 2 amide bonds. The van der Waals surface area contributed by atoms with Crippen molar-refractivity contribution in [1.82, 2.24) is 10.2 Å². The van der Waals surface area contributed by atoms with Crippen LogP contribution in [0.2, 0.25) is 0 Å². The van der Waals surface area contributed by atoms with Gasteiger partial charge in [-0.3, -0.25) is 9.59 Å². The number of carbonyl (C=O) groups excluding carboxylic acids is 2. The van der Waals surface area contributed by atoms with Gasteiger partial charge in [0.15, 0.2) is 9.84 Å². The molecule has 6 nitrogen and oxygen atoms in total. The number of likely N-dealkylation sites (tertiary alicyclic amines) is 1. The number of sulfone groups is 1. The Morgan fingerprint density at radius 2 is 1.72 bits per heavy atom. The summed E-state index contributed by atoms with van der Waals surface area (Å²) in [4.78, 5) is 26.8. The summed E-state index contributed by atoms with van der Waals surface area (Å²) in [5.74, 6) is 0.219. The van der Waals surface area contributed by atoms with Crippen molar-refractivity contribution in [2.45, 2.75) is 65.2 Å². The quantitative estimate of drug-likeness (QED) is 0.732. The Bertz CT molecular complexity index is 838. The van der Waals surface area contributed by atoms with Crippen LogP contribution in [0.4, 0.5) is 0 Å². The van der Waals surface area contributed by atoms with Crippen LogP contribution < -0.4 is 5.32 Å². The van der Waals surface area contributed by atoms with Gasteiger partial charge in [0.25, 0.3) is 5.91 Å². The Morgan fingerprint density at radius 1 is 1.10 bits per heavy atom. The Kier molecular flexibility index (Phi) is 7.86. The Labute approximate surface area is 175 Å². The van der Waals surface area contributed by atoms with Crippen molar-refractivity contribution in [3.63, 3.8) is 0 Å². The lowest BCUT2D eigenvalue weighted by Gasteiger charge is -2.32. The number of nitrogens with one attached hydrogen (secondary N) is 1. The highest BCUT2D eigenvalue weighted by Gasteiger charge is 2.28. The number of hydrogen-bond acceptors (Lipinski definition) is 4. The third-order valence-corrected chi connectivity index (χ3v) is 7.70. The third-order valence-electron chi connectivity index (χ3n) is 5.33. The molecule has 1 aliphatic heterocycles. The van der Waals surface area contributed by atoms with Crippen LogP contribution in [0.15, 0.2) is 18.2 Å². The van der Waals surface area contributed by atoms with Crippen LogP contribution in [0, 0.1) is 12.8 Å². The summed E-state index contributed by atoms with van der Waals surface area (Å²) in [5, 5.41) is 2.52. The van der Waals surface area contributed by atoms with Crippen LogP contribution in [0.3, 0.4) is 0 Å². The van der Waals surface area contributed by atoms with Gasteiger partial charge in [0.1, 0.15) is 0 Å². The van der Waals surface area contributed by atoms with E-state index in [4.69, 9.17) is 0 Å². The number of nitrogens with zero attached hydrogens (tertiary/aromatic N) is 1. The lowest BCUT2D eigenvalue weighted by atomic mass is 9.98. The highest BCUT2D eigenvalue weighted by atomic mass is 32.2. The molecule has 7 heteroatoms. The maximum atomic E-state index is 12.7. The molecule has 1 heterocycles. The van der Waals surface area contributed by atoms with E-state index in [-0.39, 0.29) is 41.2 Å². The van der Waals surface area contributed by atoms with Gasteiger partial charge in [-0.1, -0.05) is 11.6 Å². The van der Waals surface area contributed by atoms with Crippen LogP contribution in [0.5, 0.6) is 0 Å². The first-order chi connectivity index (χ1) is 13.5. The maximum Gasteiger partial charge on any atom is 0.251 e. The number of aryl methyl sites for hydroxylation is 1. The topological polar surface area (TPSA) is 83.6 Å². The molecule has 1 fully saturated rings. The van der Waals surface area contributed by atoms with Crippen LogP contribution in [-0.2, 0) is 21.1 Å². The minimum absolute atomic E-state index is 0.0241. The maximum absolute atomic E-state index is 12.7. The van der Waals surface area contributed by atoms with E-state index in [1.807, 2.05) is 37.8 Å². The molecule has 29 heavy (non-hydrogen) atoms. The number of carbonyl (C=O) groups is 2. The molecule has 2 rings (SSSR count). The fourth-order valence-corrected chi connectivity index (χ4v) is 4.97. The lowest BCUT2D eigenvalue weighted by molar-refractivity contribution is -0.131. The smallest absolute Gasteiger partial charge is 0.251 e. The van der Waals surface area contributed by atoms with Gasteiger partial charge >= 0.3 is 0 Å². The summed E-state index contributed by atoms with van der Waals surface area (Å²) in [6.45, 7) is 10.3. The molecule has 0 saturated carbocycles. The molecular weight excluding hydrogens is 388 g/mol. The van der Waals surface area contributed by atoms with E-state index < -0.39 is 9.84 Å². The zero-order chi connectivity index (χ0) is 21.8. The molecule has 0 aromatic heterocycles. The van der Waals surface area contributed by atoms with Crippen molar-refractivity contribution >= 4 is 21.7 Å². The van der Waals surface area contributed by atoms with E-state index in [9.17, 15) is 18.0 Å². The van der Waals surface area contributed by atoms with Crippen LogP contribution in [0.1, 0.15) is 62.0 Å². The largest absolute Gasteiger partial charge is 0.350 e. The Balaban J connectivity index is 1.96. The second-order valence-electron chi connectivity index (χ2n) is 8.71. The molecule has 0 unspecified atom stereocenters. The summed E-state index contributed by atoms with van der Waals surface area (Å²) < 4.78 is 24.3. The summed E-state index contributed by atoms with van der Waals surface area (Å²) >= 11 is 0. The van der Waals surface area contributed by atoms with Crippen LogP contribution in [0.25, 0.3) is 0 Å². The van der Waals surface area contributed by atoms with E-state index in [0.717, 1.165) is 11.1 Å². The summed E-state index contributed by atoms with van der Waals surface area (Å²) in [7, 11) is -3.05. The Hall–Kier alpha value is -1.89. The number of rotatable bonds is 7. The predicted molar refractivity (Wildman–Crippen MR) is 116 cm³/mol. The second-order valence-corrected chi connectivity index (χ2v) is 11.3. The summed E-state index contributed by atoms with van der Waals surface area (Å²) in [5.41, 5.74) is 2.34. The van der Waals surface area contributed by atoms with Gasteiger partial charge in [-0.15, -0.1) is 0 Å². The SMILES string of the molecule is Cc1cc(CC(=O)N2CCC(CS(=O)(=O)C(C)C)CC2)cc(C(=O)NC(C)C)c1. The molecule has 1 N–H and O–H groups in total. The molecule has 1 aromatic rings. The standard InChI is InChI=1S/C22H34N2O4S/c1-15(2)23-22(26)20-11-17(5)10-19(12-20)13-21(25)24-8-6-18(7-9-24)14-29(27,28)16(3)4/h10-12,15-16,18H,6-9,13-14H2,1-5H3,(H,23,26). The first-order valence-corrected chi connectivity index (χ1v) is 12.1. The zero-order valence-electron chi connectivity index (χ0n) is 18.2. The fraction of sp³-hybridized carbons (Fsp3) is 0.636. The Morgan fingerprint density at radius 3 is 2.28 bits per heavy atom.